The van der Waals surface area contributed by atoms with Crippen LogP contribution in [0, 0.1) is 0 Å². The summed E-state index contributed by atoms with van der Waals surface area (Å²) in [5, 5.41) is 6.33. The minimum Gasteiger partial charge on any atom is -0.326 e. The maximum absolute atomic E-state index is 11.2. The van der Waals surface area contributed by atoms with Gasteiger partial charge in [-0.1, -0.05) is 18.2 Å². The second-order valence-electron chi connectivity index (χ2n) is 4.93. The SMILES string of the molecule is CC(=O)Nc1ccccc1CN1CCN[C@@H](C)C1.Cl. The summed E-state index contributed by atoms with van der Waals surface area (Å²) in [4.78, 5) is 13.6. The molecule has 0 bridgehead atoms. The van der Waals surface area contributed by atoms with Gasteiger partial charge in [-0.2, -0.15) is 0 Å². The molecule has 4 nitrogen and oxygen atoms in total. The third kappa shape index (κ3) is 4.82. The van der Waals surface area contributed by atoms with Gasteiger partial charge in [-0.3, -0.25) is 9.69 Å². The Kier molecular flexibility index (Phi) is 6.28. The lowest BCUT2D eigenvalue weighted by molar-refractivity contribution is -0.114. The third-order valence-corrected chi connectivity index (χ3v) is 3.17. The fourth-order valence-electron chi connectivity index (χ4n) is 2.37. The summed E-state index contributed by atoms with van der Waals surface area (Å²) < 4.78 is 0. The number of nitrogens with zero attached hydrogens (tertiary/aromatic N) is 1. The zero-order chi connectivity index (χ0) is 13.0. The number of benzene rings is 1. The summed E-state index contributed by atoms with van der Waals surface area (Å²) in [5.41, 5.74) is 2.11. The number of amides is 1. The van der Waals surface area contributed by atoms with Crippen molar-refractivity contribution in [1.29, 1.82) is 0 Å². The van der Waals surface area contributed by atoms with Crippen LogP contribution < -0.4 is 10.6 Å². The summed E-state index contributed by atoms with van der Waals surface area (Å²) in [7, 11) is 0. The van der Waals surface area contributed by atoms with Crippen LogP contribution in [0.15, 0.2) is 24.3 Å². The van der Waals surface area contributed by atoms with E-state index in [2.05, 4.69) is 28.5 Å². The zero-order valence-corrected chi connectivity index (χ0v) is 12.3. The molecule has 1 atom stereocenters. The van der Waals surface area contributed by atoms with E-state index < -0.39 is 0 Å². The lowest BCUT2D eigenvalue weighted by atomic mass is 10.1. The van der Waals surface area contributed by atoms with Crippen molar-refractivity contribution < 1.29 is 4.79 Å². The minimum atomic E-state index is -0.0175. The molecular formula is C14H22ClN3O. The van der Waals surface area contributed by atoms with E-state index >= 15 is 0 Å². The van der Waals surface area contributed by atoms with E-state index in [1.807, 2.05) is 18.2 Å². The first kappa shape index (κ1) is 16.0. The first-order chi connectivity index (χ1) is 8.65. The molecular weight excluding hydrogens is 262 g/mol. The second-order valence-corrected chi connectivity index (χ2v) is 4.93. The molecule has 1 amide bonds. The molecule has 1 aromatic carbocycles. The number of para-hydroxylation sites is 1. The van der Waals surface area contributed by atoms with Crippen LogP contribution >= 0.6 is 12.4 Å². The van der Waals surface area contributed by atoms with Gasteiger partial charge in [0.2, 0.25) is 5.91 Å². The maximum Gasteiger partial charge on any atom is 0.221 e. The number of anilines is 1. The number of piperazine rings is 1. The molecule has 5 heteroatoms. The number of carbonyl (C=O) groups excluding carboxylic acids is 1. The second kappa shape index (κ2) is 7.48. The molecule has 0 radical (unpaired) electrons. The van der Waals surface area contributed by atoms with Gasteiger partial charge in [-0.05, 0) is 18.6 Å². The van der Waals surface area contributed by atoms with Gasteiger partial charge in [0.25, 0.3) is 0 Å². The van der Waals surface area contributed by atoms with Crippen LogP contribution in [0.3, 0.4) is 0 Å². The lowest BCUT2D eigenvalue weighted by Gasteiger charge is -2.32. The zero-order valence-electron chi connectivity index (χ0n) is 11.5. The standard InChI is InChI=1S/C14H21N3O.ClH/c1-11-9-17(8-7-15-11)10-13-5-3-4-6-14(13)16-12(2)18;/h3-6,11,15H,7-10H2,1-2H3,(H,16,18);1H/t11-;/m0./s1. The van der Waals surface area contributed by atoms with Crippen LogP contribution in [0.5, 0.6) is 0 Å². The Labute approximate surface area is 121 Å². The van der Waals surface area contributed by atoms with Crippen LogP contribution in [0.1, 0.15) is 19.4 Å². The fraction of sp³-hybridized carbons (Fsp3) is 0.500. The Balaban J connectivity index is 0.00000180. The summed E-state index contributed by atoms with van der Waals surface area (Å²) in [6, 6.07) is 8.55. The molecule has 1 aliphatic rings. The molecule has 19 heavy (non-hydrogen) atoms. The number of halogens is 1. The lowest BCUT2D eigenvalue weighted by Crippen LogP contribution is -2.48. The van der Waals surface area contributed by atoms with Crippen molar-refractivity contribution in [2.45, 2.75) is 26.4 Å². The molecule has 106 valence electrons. The third-order valence-electron chi connectivity index (χ3n) is 3.17. The molecule has 0 spiro atoms. The van der Waals surface area contributed by atoms with E-state index in [0.717, 1.165) is 31.9 Å². The fourth-order valence-corrected chi connectivity index (χ4v) is 2.37. The minimum absolute atomic E-state index is 0. The Morgan fingerprint density at radius 1 is 1.47 bits per heavy atom. The van der Waals surface area contributed by atoms with Crippen LogP contribution in [0.4, 0.5) is 5.69 Å². The van der Waals surface area contributed by atoms with E-state index in [0.29, 0.717) is 6.04 Å². The Bertz CT molecular complexity index is 425. The van der Waals surface area contributed by atoms with E-state index in [-0.39, 0.29) is 18.3 Å². The normalized spacial score (nSPS) is 19.6. The predicted molar refractivity (Wildman–Crippen MR) is 80.7 cm³/mol. The molecule has 1 saturated heterocycles. The smallest absolute Gasteiger partial charge is 0.221 e. The number of hydrogen-bond acceptors (Lipinski definition) is 3. The predicted octanol–water partition coefficient (Wildman–Crippen LogP) is 1.86. The number of hydrogen-bond donors (Lipinski definition) is 2. The number of nitrogens with one attached hydrogen (secondary N) is 2. The van der Waals surface area contributed by atoms with Gasteiger partial charge in [0.1, 0.15) is 0 Å². The molecule has 0 unspecified atom stereocenters. The van der Waals surface area contributed by atoms with Crippen molar-refractivity contribution >= 4 is 24.0 Å². The Morgan fingerprint density at radius 2 is 2.21 bits per heavy atom. The first-order valence-electron chi connectivity index (χ1n) is 6.46. The van der Waals surface area contributed by atoms with Crippen LogP contribution in [-0.4, -0.2) is 36.5 Å². The topological polar surface area (TPSA) is 44.4 Å². The average molecular weight is 284 g/mol. The highest BCUT2D eigenvalue weighted by atomic mass is 35.5. The van der Waals surface area contributed by atoms with Crippen molar-refractivity contribution in [2.24, 2.45) is 0 Å². The van der Waals surface area contributed by atoms with Crippen LogP contribution in [0.2, 0.25) is 0 Å². The molecule has 2 N–H and O–H groups in total. The van der Waals surface area contributed by atoms with Gasteiger partial charge >= 0.3 is 0 Å². The van der Waals surface area contributed by atoms with Gasteiger partial charge < -0.3 is 10.6 Å². The highest BCUT2D eigenvalue weighted by Crippen LogP contribution is 2.17. The van der Waals surface area contributed by atoms with E-state index in [1.54, 1.807) is 6.92 Å². The Morgan fingerprint density at radius 3 is 2.89 bits per heavy atom. The highest BCUT2D eigenvalue weighted by Gasteiger charge is 2.16. The van der Waals surface area contributed by atoms with E-state index in [4.69, 9.17) is 0 Å². The van der Waals surface area contributed by atoms with Crippen molar-refractivity contribution in [3.63, 3.8) is 0 Å². The van der Waals surface area contributed by atoms with Gasteiger partial charge in [0.15, 0.2) is 0 Å². The van der Waals surface area contributed by atoms with Crippen LogP contribution in [0.25, 0.3) is 0 Å². The quantitative estimate of drug-likeness (QED) is 0.890. The average Bonchev–Trinajstić information content (AvgIpc) is 2.31. The largest absolute Gasteiger partial charge is 0.326 e. The molecule has 1 fully saturated rings. The van der Waals surface area contributed by atoms with E-state index in [9.17, 15) is 4.79 Å². The molecule has 0 aliphatic carbocycles. The molecule has 1 heterocycles. The summed E-state index contributed by atoms with van der Waals surface area (Å²) in [5.74, 6) is -0.0175. The van der Waals surface area contributed by atoms with Crippen molar-refractivity contribution in [3.8, 4) is 0 Å². The van der Waals surface area contributed by atoms with Gasteiger partial charge in [-0.15, -0.1) is 12.4 Å². The Hall–Kier alpha value is -1.10. The highest BCUT2D eigenvalue weighted by molar-refractivity contribution is 5.89. The number of rotatable bonds is 3. The molecule has 1 aromatic rings. The summed E-state index contributed by atoms with van der Waals surface area (Å²) >= 11 is 0. The molecule has 2 rings (SSSR count). The molecule has 1 aliphatic heterocycles. The van der Waals surface area contributed by atoms with Gasteiger partial charge in [-0.25, -0.2) is 0 Å². The van der Waals surface area contributed by atoms with Crippen molar-refractivity contribution in [2.75, 3.05) is 25.0 Å². The maximum atomic E-state index is 11.2. The summed E-state index contributed by atoms with van der Waals surface area (Å²) in [6.07, 6.45) is 0. The molecule has 0 saturated carbocycles. The summed E-state index contributed by atoms with van der Waals surface area (Å²) in [6.45, 7) is 7.77. The number of carbonyl (C=O) groups is 1. The van der Waals surface area contributed by atoms with Gasteiger partial charge in [0.05, 0.1) is 0 Å². The first-order valence-corrected chi connectivity index (χ1v) is 6.46. The van der Waals surface area contributed by atoms with Gasteiger partial charge in [0, 0.05) is 44.8 Å². The van der Waals surface area contributed by atoms with E-state index in [1.165, 1.54) is 5.56 Å². The molecule has 0 aromatic heterocycles. The van der Waals surface area contributed by atoms with Crippen molar-refractivity contribution in [3.05, 3.63) is 29.8 Å². The monoisotopic (exact) mass is 283 g/mol. The van der Waals surface area contributed by atoms with Crippen molar-refractivity contribution in [1.82, 2.24) is 10.2 Å². The van der Waals surface area contributed by atoms with Crippen LogP contribution in [-0.2, 0) is 11.3 Å².